The predicted octanol–water partition coefficient (Wildman–Crippen LogP) is 2.73. The van der Waals surface area contributed by atoms with E-state index in [0.717, 1.165) is 16.3 Å². The number of fused-ring (bicyclic) bond motifs is 1. The topological polar surface area (TPSA) is 79.5 Å². The number of thiocarbonyl (C=S) groups is 1. The molecule has 0 bridgehead atoms. The first-order valence-corrected chi connectivity index (χ1v) is 8.98. The van der Waals surface area contributed by atoms with Gasteiger partial charge in [-0.05, 0) is 52.8 Å². The molecule has 0 saturated heterocycles. The molecule has 3 aromatic rings. The quantitative estimate of drug-likeness (QED) is 0.469. The molecular weight excluding hydrogens is 374 g/mol. The third-order valence-corrected chi connectivity index (χ3v) is 4.33. The number of benzene rings is 3. The van der Waals surface area contributed by atoms with Crippen LogP contribution in [0.15, 0.2) is 66.7 Å². The highest BCUT2D eigenvalue weighted by Gasteiger charge is 2.10. The number of amides is 2. The summed E-state index contributed by atoms with van der Waals surface area (Å²) in [5.41, 5.74) is 6.31. The molecule has 0 fully saturated rings. The zero-order valence-corrected chi connectivity index (χ0v) is 16.0. The molecule has 0 saturated carbocycles. The molecule has 0 spiro atoms. The first-order chi connectivity index (χ1) is 13.6. The lowest BCUT2D eigenvalue weighted by atomic mass is 10.0. The summed E-state index contributed by atoms with van der Waals surface area (Å²) in [4.78, 5) is 24.4. The van der Waals surface area contributed by atoms with E-state index in [1.165, 1.54) is 0 Å². The second kappa shape index (κ2) is 8.96. The van der Waals surface area contributed by atoms with Crippen molar-refractivity contribution >= 4 is 39.9 Å². The first-order valence-electron chi connectivity index (χ1n) is 8.57. The number of hydrogen-bond donors (Lipinski definition) is 3. The molecule has 0 heterocycles. The van der Waals surface area contributed by atoms with E-state index in [-0.39, 0.29) is 23.3 Å². The lowest BCUT2D eigenvalue weighted by molar-refractivity contribution is -0.119. The van der Waals surface area contributed by atoms with Gasteiger partial charge in [0, 0.05) is 5.56 Å². The second-order valence-electron chi connectivity index (χ2n) is 6.00. The molecule has 0 aliphatic carbocycles. The van der Waals surface area contributed by atoms with Crippen LogP contribution in [0.25, 0.3) is 10.8 Å². The van der Waals surface area contributed by atoms with Gasteiger partial charge in [-0.15, -0.1) is 0 Å². The van der Waals surface area contributed by atoms with Crippen LogP contribution in [-0.2, 0) is 11.2 Å². The predicted molar refractivity (Wildman–Crippen MR) is 112 cm³/mol. The number of hydrogen-bond acceptors (Lipinski definition) is 4. The molecule has 3 N–H and O–H groups in total. The molecule has 0 unspecified atom stereocenters. The maximum atomic E-state index is 12.3. The summed E-state index contributed by atoms with van der Waals surface area (Å²) in [6.07, 6.45) is 0.176. The van der Waals surface area contributed by atoms with Crippen molar-refractivity contribution in [2.24, 2.45) is 0 Å². The van der Waals surface area contributed by atoms with Crippen LogP contribution in [0.4, 0.5) is 0 Å². The Morgan fingerprint density at radius 1 is 0.929 bits per heavy atom. The van der Waals surface area contributed by atoms with Gasteiger partial charge >= 0.3 is 0 Å². The van der Waals surface area contributed by atoms with E-state index >= 15 is 0 Å². The van der Waals surface area contributed by atoms with E-state index in [0.29, 0.717) is 11.3 Å². The molecule has 6 nitrogen and oxygen atoms in total. The van der Waals surface area contributed by atoms with Crippen molar-refractivity contribution in [3.63, 3.8) is 0 Å². The van der Waals surface area contributed by atoms with E-state index in [1.54, 1.807) is 31.4 Å². The maximum Gasteiger partial charge on any atom is 0.269 e. The monoisotopic (exact) mass is 393 g/mol. The third kappa shape index (κ3) is 4.83. The third-order valence-electron chi connectivity index (χ3n) is 4.13. The molecule has 0 aromatic heterocycles. The van der Waals surface area contributed by atoms with E-state index in [9.17, 15) is 9.59 Å². The largest absolute Gasteiger partial charge is 0.497 e. The summed E-state index contributed by atoms with van der Waals surface area (Å²) in [6, 6.07) is 20.3. The Morgan fingerprint density at radius 2 is 1.64 bits per heavy atom. The highest BCUT2D eigenvalue weighted by Crippen LogP contribution is 2.18. The number of carbonyl (C=O) groups is 2. The van der Waals surface area contributed by atoms with Gasteiger partial charge in [0.15, 0.2) is 5.11 Å². The second-order valence-corrected chi connectivity index (χ2v) is 6.41. The van der Waals surface area contributed by atoms with Crippen molar-refractivity contribution in [2.45, 2.75) is 6.42 Å². The minimum Gasteiger partial charge on any atom is -0.497 e. The van der Waals surface area contributed by atoms with Crippen LogP contribution in [-0.4, -0.2) is 24.0 Å². The molecule has 0 atom stereocenters. The fraction of sp³-hybridized carbons (Fsp3) is 0.0952. The lowest BCUT2D eigenvalue weighted by Gasteiger charge is -2.12. The van der Waals surface area contributed by atoms with Gasteiger partial charge in [0.05, 0.1) is 13.5 Å². The summed E-state index contributed by atoms with van der Waals surface area (Å²) in [5, 5.41) is 4.68. The van der Waals surface area contributed by atoms with Crippen molar-refractivity contribution in [1.29, 1.82) is 0 Å². The fourth-order valence-corrected chi connectivity index (χ4v) is 2.91. The summed E-state index contributed by atoms with van der Waals surface area (Å²) in [7, 11) is 1.55. The van der Waals surface area contributed by atoms with Crippen molar-refractivity contribution in [3.05, 3.63) is 77.9 Å². The Hall–Kier alpha value is -3.45. The van der Waals surface area contributed by atoms with E-state index in [4.69, 9.17) is 17.0 Å². The molecule has 0 radical (unpaired) electrons. The van der Waals surface area contributed by atoms with Gasteiger partial charge in [0.25, 0.3) is 5.91 Å². The average Bonchev–Trinajstić information content (AvgIpc) is 2.72. The van der Waals surface area contributed by atoms with Gasteiger partial charge in [-0.2, -0.15) is 0 Å². The highest BCUT2D eigenvalue weighted by molar-refractivity contribution is 7.80. The van der Waals surface area contributed by atoms with Crippen LogP contribution >= 0.6 is 12.2 Å². The Kier molecular flexibility index (Phi) is 6.18. The summed E-state index contributed by atoms with van der Waals surface area (Å²) >= 11 is 5.07. The Labute approximate surface area is 167 Å². The Morgan fingerprint density at radius 3 is 2.39 bits per heavy atom. The molecular formula is C21H19N3O3S. The van der Waals surface area contributed by atoms with E-state index in [1.807, 2.05) is 42.5 Å². The normalized spacial score (nSPS) is 10.2. The number of ether oxygens (including phenoxy) is 1. The minimum atomic E-state index is -0.381. The number of nitrogens with one attached hydrogen (secondary N) is 3. The Balaban J connectivity index is 1.52. The standard InChI is InChI=1S/C21H19N3O3S/c1-27-17-11-9-15(10-12-17)20(26)23-24-21(28)22-19(25)13-16-7-4-6-14-5-2-3-8-18(14)16/h2-12H,13H2,1H3,(H,23,26)(H2,22,24,25,28). The number of rotatable bonds is 4. The van der Waals surface area contributed by atoms with Gasteiger partial charge in [-0.3, -0.25) is 20.4 Å². The minimum absolute atomic E-state index is 0.0205. The molecule has 2 amide bonds. The number of hydrazine groups is 1. The van der Waals surface area contributed by atoms with Gasteiger partial charge in [-0.25, -0.2) is 0 Å². The molecule has 142 valence electrons. The average molecular weight is 393 g/mol. The molecule has 3 aromatic carbocycles. The molecule has 7 heteroatoms. The van der Waals surface area contributed by atoms with Gasteiger partial charge < -0.3 is 10.1 Å². The van der Waals surface area contributed by atoms with Crippen molar-refractivity contribution < 1.29 is 14.3 Å². The fourth-order valence-electron chi connectivity index (χ4n) is 2.75. The summed E-state index contributed by atoms with van der Waals surface area (Å²) in [6.45, 7) is 0. The molecule has 3 rings (SSSR count). The van der Waals surface area contributed by atoms with Crippen LogP contribution < -0.4 is 20.9 Å². The van der Waals surface area contributed by atoms with Crippen LogP contribution in [0.1, 0.15) is 15.9 Å². The summed E-state index contributed by atoms with van der Waals surface area (Å²) < 4.78 is 5.05. The maximum absolute atomic E-state index is 12.3. The zero-order valence-electron chi connectivity index (χ0n) is 15.2. The van der Waals surface area contributed by atoms with Gasteiger partial charge in [0.2, 0.25) is 5.91 Å². The van der Waals surface area contributed by atoms with Gasteiger partial charge in [-0.1, -0.05) is 42.5 Å². The van der Waals surface area contributed by atoms with Crippen molar-refractivity contribution in [3.8, 4) is 5.75 Å². The molecule has 0 aliphatic heterocycles. The van der Waals surface area contributed by atoms with Crippen LogP contribution in [0.3, 0.4) is 0 Å². The van der Waals surface area contributed by atoms with Crippen molar-refractivity contribution in [1.82, 2.24) is 16.2 Å². The van der Waals surface area contributed by atoms with E-state index < -0.39 is 0 Å². The van der Waals surface area contributed by atoms with Crippen LogP contribution in [0.2, 0.25) is 0 Å². The number of carbonyl (C=O) groups excluding carboxylic acids is 2. The zero-order chi connectivity index (χ0) is 19.9. The number of methoxy groups -OCH3 is 1. The lowest BCUT2D eigenvalue weighted by Crippen LogP contribution is -2.48. The molecule has 0 aliphatic rings. The SMILES string of the molecule is COc1ccc(C(=O)NNC(=S)NC(=O)Cc2cccc3ccccc23)cc1. The van der Waals surface area contributed by atoms with Crippen molar-refractivity contribution in [2.75, 3.05) is 7.11 Å². The van der Waals surface area contributed by atoms with Crippen LogP contribution in [0, 0.1) is 0 Å². The molecule has 28 heavy (non-hydrogen) atoms. The Bertz CT molecular complexity index is 1010. The first kappa shape index (κ1) is 19.3. The summed E-state index contributed by atoms with van der Waals surface area (Å²) in [5.74, 6) is 0.00147. The van der Waals surface area contributed by atoms with E-state index in [2.05, 4.69) is 16.2 Å². The highest BCUT2D eigenvalue weighted by atomic mass is 32.1. The smallest absolute Gasteiger partial charge is 0.269 e. The van der Waals surface area contributed by atoms with Crippen LogP contribution in [0.5, 0.6) is 5.75 Å². The van der Waals surface area contributed by atoms with Gasteiger partial charge in [0.1, 0.15) is 5.75 Å².